The molecule has 0 aliphatic heterocycles. The number of hydrogen-bond donors (Lipinski definition) is 2. The Morgan fingerprint density at radius 1 is 1.11 bits per heavy atom. The molecule has 2 aromatic carbocycles. The van der Waals surface area contributed by atoms with Gasteiger partial charge in [0, 0.05) is 18.2 Å². The van der Waals surface area contributed by atoms with Crippen LogP contribution in [0.2, 0.25) is 0 Å². The van der Waals surface area contributed by atoms with Crippen LogP contribution in [0.25, 0.3) is 11.3 Å². The van der Waals surface area contributed by atoms with Crippen LogP contribution >= 0.6 is 0 Å². The normalized spacial score (nSPS) is 11.3. The van der Waals surface area contributed by atoms with Gasteiger partial charge in [-0.3, -0.25) is 4.79 Å². The number of rotatable bonds is 6. The molecule has 1 amide bonds. The van der Waals surface area contributed by atoms with Crippen molar-refractivity contribution in [2.45, 2.75) is 18.2 Å². The molecule has 3 aromatic rings. The average molecular weight is 385 g/mol. The zero-order valence-corrected chi connectivity index (χ0v) is 15.5. The molecule has 0 spiro atoms. The van der Waals surface area contributed by atoms with Crippen molar-refractivity contribution in [3.8, 4) is 11.3 Å². The highest BCUT2D eigenvalue weighted by Gasteiger charge is 2.14. The van der Waals surface area contributed by atoms with Gasteiger partial charge in [-0.1, -0.05) is 47.1 Å². The summed E-state index contributed by atoms with van der Waals surface area (Å²) in [4.78, 5) is 12.2. The highest BCUT2D eigenvalue weighted by molar-refractivity contribution is 7.89. The van der Waals surface area contributed by atoms with Gasteiger partial charge in [0.25, 0.3) is 5.91 Å². The second-order valence-corrected chi connectivity index (χ2v) is 7.70. The summed E-state index contributed by atoms with van der Waals surface area (Å²) in [5.41, 5.74) is 3.48. The summed E-state index contributed by atoms with van der Waals surface area (Å²) in [5.74, 6) is -0.225. The summed E-state index contributed by atoms with van der Waals surface area (Å²) in [5, 5.41) is 11.7. The van der Waals surface area contributed by atoms with Crippen LogP contribution in [0.3, 0.4) is 0 Å². The Balaban J connectivity index is 1.56. The average Bonchev–Trinajstić information content (AvgIpc) is 3.12. The fraction of sp³-hybridized carbons (Fsp3) is 0.158. The van der Waals surface area contributed by atoms with Crippen molar-refractivity contribution < 1.29 is 17.7 Å². The predicted octanol–water partition coefficient (Wildman–Crippen LogP) is 2.27. The monoisotopic (exact) mass is 385 g/mol. The van der Waals surface area contributed by atoms with E-state index in [4.69, 9.17) is 9.66 Å². The first-order valence-electron chi connectivity index (χ1n) is 8.26. The number of primary sulfonamides is 1. The summed E-state index contributed by atoms with van der Waals surface area (Å²) in [7, 11) is -3.70. The predicted molar refractivity (Wildman–Crippen MR) is 101 cm³/mol. The molecule has 3 N–H and O–H groups in total. The molecule has 27 heavy (non-hydrogen) atoms. The van der Waals surface area contributed by atoms with Crippen molar-refractivity contribution in [3.05, 3.63) is 71.5 Å². The fourth-order valence-corrected chi connectivity index (χ4v) is 3.01. The molecule has 7 nitrogen and oxygen atoms in total. The minimum absolute atomic E-state index is 0.0561. The van der Waals surface area contributed by atoms with Crippen LogP contribution in [-0.2, 0) is 16.4 Å². The summed E-state index contributed by atoms with van der Waals surface area (Å²) in [6.07, 6.45) is 0.537. The Bertz CT molecular complexity index is 1040. The molecule has 140 valence electrons. The molecule has 0 saturated heterocycles. The molecule has 0 bridgehead atoms. The second kappa shape index (κ2) is 7.73. The number of nitrogens with one attached hydrogen (secondary N) is 1. The van der Waals surface area contributed by atoms with Gasteiger partial charge in [0.05, 0.1) is 4.90 Å². The minimum atomic E-state index is -3.70. The lowest BCUT2D eigenvalue weighted by molar-refractivity contribution is 0.0917. The molecule has 0 aliphatic rings. The van der Waals surface area contributed by atoms with Crippen molar-refractivity contribution in [2.75, 3.05) is 6.54 Å². The maximum Gasteiger partial charge on any atom is 0.289 e. The van der Waals surface area contributed by atoms with Gasteiger partial charge in [0.15, 0.2) is 0 Å². The van der Waals surface area contributed by atoms with E-state index in [1.165, 1.54) is 12.1 Å². The largest absolute Gasteiger partial charge is 0.350 e. The van der Waals surface area contributed by atoms with Gasteiger partial charge >= 0.3 is 0 Å². The van der Waals surface area contributed by atoms with Gasteiger partial charge in [-0.15, -0.1) is 0 Å². The van der Waals surface area contributed by atoms with E-state index in [1.807, 2.05) is 31.2 Å². The molecule has 0 fully saturated rings. The molecule has 3 rings (SSSR count). The fourth-order valence-electron chi connectivity index (χ4n) is 2.50. The Hall–Kier alpha value is -2.97. The molecule has 0 saturated carbocycles. The van der Waals surface area contributed by atoms with Gasteiger partial charge in [-0.05, 0) is 31.0 Å². The van der Waals surface area contributed by atoms with Gasteiger partial charge < -0.3 is 9.84 Å². The van der Waals surface area contributed by atoms with Crippen molar-refractivity contribution in [3.63, 3.8) is 0 Å². The van der Waals surface area contributed by atoms with Crippen LogP contribution < -0.4 is 10.5 Å². The first-order valence-corrected chi connectivity index (χ1v) is 9.81. The van der Waals surface area contributed by atoms with E-state index in [0.717, 1.165) is 16.7 Å². The van der Waals surface area contributed by atoms with Crippen LogP contribution in [0.1, 0.15) is 21.7 Å². The number of nitrogens with two attached hydrogens (primary N) is 1. The Labute approximate surface area is 157 Å². The van der Waals surface area contributed by atoms with E-state index in [-0.39, 0.29) is 16.6 Å². The topological polar surface area (TPSA) is 115 Å². The zero-order chi connectivity index (χ0) is 19.4. The number of benzene rings is 2. The Morgan fingerprint density at radius 3 is 2.41 bits per heavy atom. The molecule has 0 atom stereocenters. The van der Waals surface area contributed by atoms with Gasteiger partial charge in [-0.25, -0.2) is 13.6 Å². The third kappa shape index (κ3) is 4.81. The number of amides is 1. The van der Waals surface area contributed by atoms with Crippen LogP contribution in [0.15, 0.2) is 64.0 Å². The summed E-state index contributed by atoms with van der Waals surface area (Å²) >= 11 is 0. The highest BCUT2D eigenvalue weighted by atomic mass is 32.2. The van der Waals surface area contributed by atoms with E-state index >= 15 is 0 Å². The van der Waals surface area contributed by atoms with E-state index < -0.39 is 10.0 Å². The summed E-state index contributed by atoms with van der Waals surface area (Å²) in [6, 6.07) is 15.6. The lowest BCUT2D eigenvalue weighted by Gasteiger charge is -2.04. The number of carbonyl (C=O) groups excluding carboxylic acids is 1. The van der Waals surface area contributed by atoms with E-state index in [1.54, 1.807) is 18.2 Å². The SMILES string of the molecule is Cc1ccc(-c2cc(C(=O)NCCc3ccc(S(N)(=O)=O)cc3)on2)cc1. The first-order chi connectivity index (χ1) is 12.8. The minimum Gasteiger partial charge on any atom is -0.350 e. The van der Waals surface area contributed by atoms with Gasteiger partial charge in [0.2, 0.25) is 15.8 Å². The van der Waals surface area contributed by atoms with Crippen LogP contribution in [-0.4, -0.2) is 26.0 Å². The number of aryl methyl sites for hydroxylation is 1. The smallest absolute Gasteiger partial charge is 0.289 e. The molecular formula is C19H19N3O4S. The van der Waals surface area contributed by atoms with Gasteiger partial charge in [0.1, 0.15) is 5.69 Å². The maximum absolute atomic E-state index is 12.2. The molecule has 0 unspecified atom stereocenters. The molecule has 8 heteroatoms. The van der Waals surface area contributed by atoms with Crippen molar-refractivity contribution >= 4 is 15.9 Å². The van der Waals surface area contributed by atoms with Crippen molar-refractivity contribution in [1.29, 1.82) is 0 Å². The lowest BCUT2D eigenvalue weighted by Crippen LogP contribution is -2.25. The third-order valence-electron chi connectivity index (χ3n) is 4.03. The number of aromatic nitrogens is 1. The van der Waals surface area contributed by atoms with E-state index in [9.17, 15) is 13.2 Å². The van der Waals surface area contributed by atoms with E-state index in [2.05, 4.69) is 10.5 Å². The van der Waals surface area contributed by atoms with Gasteiger partial charge in [-0.2, -0.15) is 0 Å². The summed E-state index contributed by atoms with van der Waals surface area (Å²) in [6.45, 7) is 2.36. The number of sulfonamides is 1. The number of nitrogens with zero attached hydrogens (tertiary/aromatic N) is 1. The van der Waals surface area contributed by atoms with E-state index in [0.29, 0.717) is 18.7 Å². The standard InChI is InChI=1S/C19H19N3O4S/c1-13-2-6-15(7-3-13)17-12-18(26-22-17)19(23)21-11-10-14-4-8-16(9-5-14)27(20,24)25/h2-9,12H,10-11H2,1H3,(H,21,23)(H2,20,24,25). The Morgan fingerprint density at radius 2 is 1.78 bits per heavy atom. The number of carbonyl (C=O) groups is 1. The molecule has 1 heterocycles. The second-order valence-electron chi connectivity index (χ2n) is 6.14. The van der Waals surface area contributed by atoms with Crippen LogP contribution in [0, 0.1) is 6.92 Å². The summed E-state index contributed by atoms with van der Waals surface area (Å²) < 4.78 is 27.6. The molecular weight excluding hydrogens is 366 g/mol. The first kappa shape index (κ1) is 18.8. The van der Waals surface area contributed by atoms with Crippen molar-refractivity contribution in [2.24, 2.45) is 5.14 Å². The van der Waals surface area contributed by atoms with Crippen LogP contribution in [0.4, 0.5) is 0 Å². The maximum atomic E-state index is 12.2. The van der Waals surface area contributed by atoms with Crippen molar-refractivity contribution in [1.82, 2.24) is 10.5 Å². The quantitative estimate of drug-likeness (QED) is 0.675. The lowest BCUT2D eigenvalue weighted by atomic mass is 10.1. The molecule has 0 aliphatic carbocycles. The highest BCUT2D eigenvalue weighted by Crippen LogP contribution is 2.19. The Kier molecular flexibility index (Phi) is 5.38. The molecule has 1 aromatic heterocycles. The molecule has 0 radical (unpaired) electrons. The van der Waals surface area contributed by atoms with Crippen LogP contribution in [0.5, 0.6) is 0 Å². The zero-order valence-electron chi connectivity index (χ0n) is 14.7. The number of hydrogen-bond acceptors (Lipinski definition) is 5. The third-order valence-corrected chi connectivity index (χ3v) is 4.96.